The maximum absolute atomic E-state index is 11.9. The van der Waals surface area contributed by atoms with Gasteiger partial charge in [-0.1, -0.05) is 24.4 Å². The van der Waals surface area contributed by atoms with Gasteiger partial charge in [-0.3, -0.25) is 4.79 Å². The second-order valence-electron chi connectivity index (χ2n) is 4.80. The summed E-state index contributed by atoms with van der Waals surface area (Å²) in [5.41, 5.74) is 0. The molecule has 6 heteroatoms. The summed E-state index contributed by atoms with van der Waals surface area (Å²) >= 11 is 8.94. The molecule has 1 atom stereocenters. The summed E-state index contributed by atoms with van der Waals surface area (Å²) in [4.78, 5) is 15.4. The third-order valence-corrected chi connectivity index (χ3v) is 6.91. The molecule has 1 fully saturated rings. The van der Waals surface area contributed by atoms with Crippen molar-refractivity contribution in [1.29, 1.82) is 0 Å². The van der Waals surface area contributed by atoms with Gasteiger partial charge in [0.25, 0.3) is 0 Å². The standard InChI is InChI=1S/C15H19NO2S3/c1-11(19)15(16(12(2)17)8-9-21-15)10-20-14-7-5-4-6-13(14)18-3/h4-7H,8-10H2,1-3H3. The topological polar surface area (TPSA) is 29.5 Å². The SMILES string of the molecule is COc1ccccc1SCC1(C(C)=S)SCCN1C(C)=O. The second kappa shape index (κ2) is 7.03. The molecule has 1 aliphatic rings. The number of rotatable bonds is 5. The number of hydrogen-bond acceptors (Lipinski definition) is 5. The summed E-state index contributed by atoms with van der Waals surface area (Å²) in [5.74, 6) is 2.62. The summed E-state index contributed by atoms with van der Waals surface area (Å²) in [6.07, 6.45) is 0. The Morgan fingerprint density at radius 2 is 2.19 bits per heavy atom. The fraction of sp³-hybridized carbons (Fsp3) is 0.467. The molecule has 0 radical (unpaired) electrons. The highest BCUT2D eigenvalue weighted by atomic mass is 32.2. The van der Waals surface area contributed by atoms with E-state index in [4.69, 9.17) is 17.0 Å². The van der Waals surface area contributed by atoms with E-state index in [9.17, 15) is 4.79 Å². The molecule has 0 aliphatic carbocycles. The third kappa shape index (κ3) is 3.38. The lowest BCUT2D eigenvalue weighted by atomic mass is 10.2. The predicted octanol–water partition coefficient (Wildman–Crippen LogP) is 3.47. The van der Waals surface area contributed by atoms with Crippen molar-refractivity contribution in [1.82, 2.24) is 4.90 Å². The number of benzene rings is 1. The Morgan fingerprint density at radius 1 is 1.48 bits per heavy atom. The molecule has 0 spiro atoms. The Balaban J connectivity index is 2.21. The Kier molecular flexibility index (Phi) is 5.57. The number of methoxy groups -OCH3 is 1. The summed E-state index contributed by atoms with van der Waals surface area (Å²) < 4.78 is 5.39. The fourth-order valence-electron chi connectivity index (χ4n) is 2.40. The molecule has 3 nitrogen and oxygen atoms in total. The molecule has 21 heavy (non-hydrogen) atoms. The van der Waals surface area contributed by atoms with Gasteiger partial charge < -0.3 is 9.64 Å². The predicted molar refractivity (Wildman–Crippen MR) is 94.6 cm³/mol. The van der Waals surface area contributed by atoms with Crippen molar-refractivity contribution in [2.24, 2.45) is 0 Å². The molecule has 2 rings (SSSR count). The second-order valence-corrected chi connectivity index (χ2v) is 7.80. The molecule has 1 aromatic carbocycles. The minimum atomic E-state index is -0.382. The summed E-state index contributed by atoms with van der Waals surface area (Å²) in [7, 11) is 1.67. The first kappa shape index (κ1) is 16.6. The Labute approximate surface area is 139 Å². The van der Waals surface area contributed by atoms with E-state index in [1.807, 2.05) is 36.1 Å². The molecule has 1 aliphatic heterocycles. The fourth-order valence-corrected chi connectivity index (χ4v) is 5.75. The van der Waals surface area contributed by atoms with Crippen LogP contribution in [0.3, 0.4) is 0 Å². The molecule has 0 aromatic heterocycles. The number of ether oxygens (including phenoxy) is 1. The van der Waals surface area contributed by atoms with Crippen LogP contribution in [0, 0.1) is 0 Å². The summed E-state index contributed by atoms with van der Waals surface area (Å²) in [6.45, 7) is 4.32. The largest absolute Gasteiger partial charge is 0.496 e. The zero-order valence-corrected chi connectivity index (χ0v) is 14.9. The van der Waals surface area contributed by atoms with Crippen molar-refractivity contribution in [3.8, 4) is 5.75 Å². The lowest BCUT2D eigenvalue weighted by Gasteiger charge is -2.36. The van der Waals surface area contributed by atoms with Gasteiger partial charge in [-0.05, 0) is 19.1 Å². The number of carbonyl (C=O) groups is 1. The minimum absolute atomic E-state index is 0.0878. The zero-order chi connectivity index (χ0) is 15.5. The molecule has 1 amide bonds. The van der Waals surface area contributed by atoms with Crippen molar-refractivity contribution >= 4 is 46.5 Å². The van der Waals surface area contributed by atoms with Crippen LogP contribution >= 0.6 is 35.7 Å². The number of carbonyl (C=O) groups excluding carboxylic acids is 1. The van der Waals surface area contributed by atoms with E-state index in [0.29, 0.717) is 0 Å². The minimum Gasteiger partial charge on any atom is -0.496 e. The number of amides is 1. The molecule has 1 unspecified atom stereocenters. The summed E-state index contributed by atoms with van der Waals surface area (Å²) in [5, 5.41) is 0. The van der Waals surface area contributed by atoms with Crippen LogP contribution in [0.25, 0.3) is 0 Å². The number of thioether (sulfide) groups is 2. The van der Waals surface area contributed by atoms with Crippen LogP contribution in [0.4, 0.5) is 0 Å². The van der Waals surface area contributed by atoms with Crippen molar-refractivity contribution in [2.45, 2.75) is 23.6 Å². The van der Waals surface area contributed by atoms with Gasteiger partial charge in [0, 0.05) is 34.7 Å². The van der Waals surface area contributed by atoms with Gasteiger partial charge in [0.05, 0.1) is 7.11 Å². The van der Waals surface area contributed by atoms with Crippen LogP contribution in [0.2, 0.25) is 0 Å². The quantitative estimate of drug-likeness (QED) is 0.604. The van der Waals surface area contributed by atoms with Crippen molar-refractivity contribution in [3.63, 3.8) is 0 Å². The molecule has 1 saturated heterocycles. The number of hydrogen-bond donors (Lipinski definition) is 0. The smallest absolute Gasteiger partial charge is 0.220 e. The van der Waals surface area contributed by atoms with Crippen LogP contribution in [0.15, 0.2) is 29.2 Å². The first-order valence-electron chi connectivity index (χ1n) is 6.70. The first-order chi connectivity index (χ1) is 10.0. The number of para-hydroxylation sites is 1. The van der Waals surface area contributed by atoms with Crippen LogP contribution < -0.4 is 4.74 Å². The van der Waals surface area contributed by atoms with Crippen molar-refractivity contribution in [3.05, 3.63) is 24.3 Å². The van der Waals surface area contributed by atoms with Crippen LogP contribution in [-0.2, 0) is 4.79 Å². The molecule has 0 bridgehead atoms. The van der Waals surface area contributed by atoms with Crippen LogP contribution in [-0.4, -0.2) is 45.7 Å². The average Bonchev–Trinajstić information content (AvgIpc) is 2.91. The van der Waals surface area contributed by atoms with Crippen LogP contribution in [0.1, 0.15) is 13.8 Å². The average molecular weight is 342 g/mol. The maximum Gasteiger partial charge on any atom is 0.220 e. The molecule has 1 aromatic rings. The molecular weight excluding hydrogens is 322 g/mol. The summed E-state index contributed by atoms with van der Waals surface area (Å²) in [6, 6.07) is 7.93. The van der Waals surface area contributed by atoms with Crippen molar-refractivity contribution in [2.75, 3.05) is 25.2 Å². The van der Waals surface area contributed by atoms with E-state index in [2.05, 4.69) is 0 Å². The van der Waals surface area contributed by atoms with E-state index in [1.54, 1.807) is 37.6 Å². The zero-order valence-electron chi connectivity index (χ0n) is 12.4. The van der Waals surface area contributed by atoms with Gasteiger partial charge in [-0.25, -0.2) is 0 Å². The van der Waals surface area contributed by atoms with Gasteiger partial charge in [-0.15, -0.1) is 23.5 Å². The molecular formula is C15H19NO2S3. The molecule has 0 saturated carbocycles. The first-order valence-corrected chi connectivity index (χ1v) is 9.08. The van der Waals surface area contributed by atoms with E-state index < -0.39 is 0 Å². The lowest BCUT2D eigenvalue weighted by molar-refractivity contribution is -0.129. The maximum atomic E-state index is 11.9. The van der Waals surface area contributed by atoms with E-state index in [-0.39, 0.29) is 10.8 Å². The number of thiocarbonyl (C=S) groups is 1. The highest BCUT2D eigenvalue weighted by molar-refractivity contribution is 8.05. The van der Waals surface area contributed by atoms with Gasteiger partial charge >= 0.3 is 0 Å². The van der Waals surface area contributed by atoms with Gasteiger partial charge in [0.1, 0.15) is 10.6 Å². The Morgan fingerprint density at radius 3 is 2.81 bits per heavy atom. The lowest BCUT2D eigenvalue weighted by Crippen LogP contribution is -2.51. The molecule has 1 heterocycles. The molecule has 0 N–H and O–H groups in total. The normalized spacial score (nSPS) is 21.4. The number of nitrogens with zero attached hydrogens (tertiary/aromatic N) is 1. The van der Waals surface area contributed by atoms with Gasteiger partial charge in [0.15, 0.2) is 0 Å². The Hall–Kier alpha value is -0.720. The highest BCUT2D eigenvalue weighted by Crippen LogP contribution is 2.42. The van der Waals surface area contributed by atoms with Gasteiger partial charge in [-0.2, -0.15) is 0 Å². The van der Waals surface area contributed by atoms with Crippen LogP contribution in [0.5, 0.6) is 5.75 Å². The van der Waals surface area contributed by atoms with E-state index in [0.717, 1.165) is 33.6 Å². The van der Waals surface area contributed by atoms with Crippen molar-refractivity contribution < 1.29 is 9.53 Å². The van der Waals surface area contributed by atoms with E-state index in [1.165, 1.54) is 0 Å². The molecule has 114 valence electrons. The van der Waals surface area contributed by atoms with Gasteiger partial charge in [0.2, 0.25) is 5.91 Å². The third-order valence-electron chi connectivity index (χ3n) is 3.51. The van der Waals surface area contributed by atoms with E-state index >= 15 is 0 Å². The Bertz CT molecular complexity index is 549. The monoisotopic (exact) mass is 341 g/mol. The highest BCUT2D eigenvalue weighted by Gasteiger charge is 2.45.